The summed E-state index contributed by atoms with van der Waals surface area (Å²) in [5.74, 6) is -0.904. The topological polar surface area (TPSA) is 83.6 Å². The number of carboxylic acids is 1. The van der Waals surface area contributed by atoms with E-state index in [1.807, 2.05) is 13.8 Å². The van der Waals surface area contributed by atoms with E-state index in [0.717, 1.165) is 32.1 Å². The first-order chi connectivity index (χ1) is 9.34. The number of hydrogen-bond donors (Lipinski definition) is 2. The molecule has 5 nitrogen and oxygen atoms in total. The normalized spacial score (nSPS) is 19.6. The molecule has 1 saturated carbocycles. The zero-order chi connectivity index (χ0) is 15.3. The Morgan fingerprint density at radius 1 is 1.25 bits per heavy atom. The van der Waals surface area contributed by atoms with Gasteiger partial charge in [0.15, 0.2) is 0 Å². The van der Waals surface area contributed by atoms with Crippen molar-refractivity contribution >= 4 is 11.9 Å². The lowest BCUT2D eigenvalue weighted by atomic mass is 9.77. The van der Waals surface area contributed by atoms with Crippen LogP contribution < -0.4 is 5.73 Å². The third kappa shape index (κ3) is 3.72. The molecule has 0 aromatic rings. The smallest absolute Gasteiger partial charge is 0.305 e. The molecule has 3 N–H and O–H groups in total. The molecule has 0 bridgehead atoms. The van der Waals surface area contributed by atoms with Crippen LogP contribution in [0.4, 0.5) is 0 Å². The van der Waals surface area contributed by atoms with Gasteiger partial charge < -0.3 is 15.7 Å². The van der Waals surface area contributed by atoms with E-state index < -0.39 is 11.5 Å². The number of carboxylic acid groups (broad SMARTS) is 1. The van der Waals surface area contributed by atoms with Gasteiger partial charge in [-0.1, -0.05) is 33.1 Å². The lowest BCUT2D eigenvalue weighted by Gasteiger charge is -2.45. The SMILES string of the molecule is CC(C)C(CN)C(=O)N(C)C1(CC(=O)O)CCCCC1. The predicted molar refractivity (Wildman–Crippen MR) is 78.2 cm³/mol. The van der Waals surface area contributed by atoms with Crippen LogP contribution in [0.5, 0.6) is 0 Å². The molecule has 0 aromatic carbocycles. The number of nitrogens with zero attached hydrogens (tertiary/aromatic N) is 1. The Hall–Kier alpha value is -1.10. The van der Waals surface area contributed by atoms with E-state index in [0.29, 0.717) is 6.54 Å². The molecule has 0 aliphatic heterocycles. The summed E-state index contributed by atoms with van der Waals surface area (Å²) in [7, 11) is 1.75. The highest BCUT2D eigenvalue weighted by molar-refractivity contribution is 5.81. The maximum absolute atomic E-state index is 12.7. The summed E-state index contributed by atoms with van der Waals surface area (Å²) in [6.07, 6.45) is 4.67. The number of nitrogens with two attached hydrogens (primary N) is 1. The number of amides is 1. The first kappa shape index (κ1) is 17.0. The maximum Gasteiger partial charge on any atom is 0.305 e. The van der Waals surface area contributed by atoms with Crippen molar-refractivity contribution in [2.75, 3.05) is 13.6 Å². The van der Waals surface area contributed by atoms with Crippen molar-refractivity contribution in [2.45, 2.75) is 57.9 Å². The van der Waals surface area contributed by atoms with E-state index in [9.17, 15) is 14.7 Å². The van der Waals surface area contributed by atoms with Crippen molar-refractivity contribution < 1.29 is 14.7 Å². The van der Waals surface area contributed by atoms with Gasteiger partial charge in [0.25, 0.3) is 0 Å². The molecule has 1 fully saturated rings. The fourth-order valence-corrected chi connectivity index (χ4v) is 3.26. The number of carbonyl (C=O) groups excluding carboxylic acids is 1. The number of aliphatic carboxylic acids is 1. The minimum Gasteiger partial charge on any atom is -0.481 e. The Balaban J connectivity index is 2.94. The number of hydrogen-bond acceptors (Lipinski definition) is 3. The third-order valence-corrected chi connectivity index (χ3v) is 4.68. The van der Waals surface area contributed by atoms with Crippen LogP contribution in [0, 0.1) is 11.8 Å². The molecule has 20 heavy (non-hydrogen) atoms. The molecule has 1 unspecified atom stereocenters. The molecule has 1 aliphatic rings. The van der Waals surface area contributed by atoms with E-state index in [1.54, 1.807) is 11.9 Å². The standard InChI is InChI=1S/C15H28N2O3/c1-11(2)12(10-16)14(20)17(3)15(9-13(18)19)7-5-4-6-8-15/h11-12H,4-10,16H2,1-3H3,(H,18,19). The van der Waals surface area contributed by atoms with Gasteiger partial charge in [-0.15, -0.1) is 0 Å². The molecule has 1 amide bonds. The first-order valence-electron chi connectivity index (χ1n) is 7.53. The van der Waals surface area contributed by atoms with Crippen LogP contribution in [0.3, 0.4) is 0 Å². The van der Waals surface area contributed by atoms with Crippen LogP contribution in [0.25, 0.3) is 0 Å². The second-order valence-corrected chi connectivity index (χ2v) is 6.34. The zero-order valence-corrected chi connectivity index (χ0v) is 12.9. The van der Waals surface area contributed by atoms with Gasteiger partial charge in [0.05, 0.1) is 17.9 Å². The number of carbonyl (C=O) groups is 2. The van der Waals surface area contributed by atoms with E-state index in [1.165, 1.54) is 0 Å². The van der Waals surface area contributed by atoms with Crippen molar-refractivity contribution in [3.63, 3.8) is 0 Å². The van der Waals surface area contributed by atoms with Crippen molar-refractivity contribution in [1.29, 1.82) is 0 Å². The lowest BCUT2D eigenvalue weighted by molar-refractivity contribution is -0.148. The average molecular weight is 284 g/mol. The molecule has 0 aromatic heterocycles. The highest BCUT2D eigenvalue weighted by Gasteiger charge is 2.42. The molecule has 0 saturated heterocycles. The van der Waals surface area contributed by atoms with Gasteiger partial charge in [0.2, 0.25) is 5.91 Å². The molecule has 1 rings (SSSR count). The van der Waals surface area contributed by atoms with Gasteiger partial charge in [0.1, 0.15) is 0 Å². The fraction of sp³-hybridized carbons (Fsp3) is 0.867. The Morgan fingerprint density at radius 2 is 1.80 bits per heavy atom. The summed E-state index contributed by atoms with van der Waals surface area (Å²) in [4.78, 5) is 25.6. The molecule has 0 spiro atoms. The summed E-state index contributed by atoms with van der Waals surface area (Å²) in [6.45, 7) is 4.27. The Morgan fingerprint density at radius 3 is 2.20 bits per heavy atom. The summed E-state index contributed by atoms with van der Waals surface area (Å²) >= 11 is 0. The van der Waals surface area contributed by atoms with Crippen LogP contribution >= 0.6 is 0 Å². The largest absolute Gasteiger partial charge is 0.481 e. The highest BCUT2D eigenvalue weighted by Crippen LogP contribution is 2.37. The van der Waals surface area contributed by atoms with Gasteiger partial charge in [-0.05, 0) is 18.8 Å². The minimum atomic E-state index is -0.833. The molecule has 116 valence electrons. The van der Waals surface area contributed by atoms with Crippen molar-refractivity contribution in [3.05, 3.63) is 0 Å². The Bertz CT molecular complexity index is 349. The van der Waals surface area contributed by atoms with Crippen LogP contribution in [0.2, 0.25) is 0 Å². The van der Waals surface area contributed by atoms with Gasteiger partial charge in [-0.3, -0.25) is 9.59 Å². The van der Waals surface area contributed by atoms with Gasteiger partial charge >= 0.3 is 5.97 Å². The molecule has 5 heteroatoms. The fourth-order valence-electron chi connectivity index (χ4n) is 3.26. The van der Waals surface area contributed by atoms with E-state index in [4.69, 9.17) is 5.73 Å². The summed E-state index contributed by atoms with van der Waals surface area (Å²) in [5, 5.41) is 9.20. The Kier molecular flexibility index (Phi) is 5.99. The summed E-state index contributed by atoms with van der Waals surface area (Å²) in [5.41, 5.74) is 5.20. The molecule has 1 atom stereocenters. The second kappa shape index (κ2) is 7.07. The minimum absolute atomic E-state index is 0.00866. The van der Waals surface area contributed by atoms with Crippen molar-refractivity contribution in [3.8, 4) is 0 Å². The number of rotatable bonds is 6. The second-order valence-electron chi connectivity index (χ2n) is 6.34. The quantitative estimate of drug-likeness (QED) is 0.779. The average Bonchev–Trinajstić information content (AvgIpc) is 2.38. The monoisotopic (exact) mass is 284 g/mol. The van der Waals surface area contributed by atoms with E-state index >= 15 is 0 Å². The van der Waals surface area contributed by atoms with Crippen molar-refractivity contribution in [1.82, 2.24) is 4.90 Å². The van der Waals surface area contributed by atoms with Crippen LogP contribution in [0.15, 0.2) is 0 Å². The van der Waals surface area contributed by atoms with E-state index in [2.05, 4.69) is 0 Å². The van der Waals surface area contributed by atoms with Crippen LogP contribution in [-0.2, 0) is 9.59 Å². The molecule has 1 aliphatic carbocycles. The Labute approximate surface area is 121 Å². The van der Waals surface area contributed by atoms with Gasteiger partial charge in [-0.25, -0.2) is 0 Å². The molecule has 0 heterocycles. The predicted octanol–water partition coefficient (Wildman–Crippen LogP) is 1.85. The van der Waals surface area contributed by atoms with E-state index in [-0.39, 0.29) is 24.2 Å². The molecular weight excluding hydrogens is 256 g/mol. The van der Waals surface area contributed by atoms with Gasteiger partial charge in [-0.2, -0.15) is 0 Å². The first-order valence-corrected chi connectivity index (χ1v) is 7.53. The zero-order valence-electron chi connectivity index (χ0n) is 12.9. The third-order valence-electron chi connectivity index (χ3n) is 4.68. The maximum atomic E-state index is 12.7. The lowest BCUT2D eigenvalue weighted by Crippen LogP contribution is -2.55. The van der Waals surface area contributed by atoms with Crippen molar-refractivity contribution in [2.24, 2.45) is 17.6 Å². The van der Waals surface area contributed by atoms with Gasteiger partial charge in [0, 0.05) is 13.6 Å². The highest BCUT2D eigenvalue weighted by atomic mass is 16.4. The summed E-state index contributed by atoms with van der Waals surface area (Å²) in [6, 6.07) is 0. The molecule has 0 radical (unpaired) electrons. The summed E-state index contributed by atoms with van der Waals surface area (Å²) < 4.78 is 0. The van der Waals surface area contributed by atoms with Crippen LogP contribution in [-0.4, -0.2) is 41.0 Å². The van der Waals surface area contributed by atoms with Crippen LogP contribution in [0.1, 0.15) is 52.4 Å². The molecular formula is C15H28N2O3.